The molecule has 0 heterocycles. The highest BCUT2D eigenvalue weighted by atomic mass is 15.1. The number of rotatable bonds is 5. The van der Waals surface area contributed by atoms with Gasteiger partial charge < -0.3 is 4.90 Å². The highest BCUT2D eigenvalue weighted by Gasteiger charge is 2.44. The highest BCUT2D eigenvalue weighted by molar-refractivity contribution is 4.94. The summed E-state index contributed by atoms with van der Waals surface area (Å²) in [7, 11) is 2.26. The summed E-state index contributed by atoms with van der Waals surface area (Å²) >= 11 is 0. The fourth-order valence-corrected chi connectivity index (χ4v) is 2.08. The Kier molecular flexibility index (Phi) is 3.86. The van der Waals surface area contributed by atoms with Gasteiger partial charge in [-0.15, -0.1) is 0 Å². The molecule has 15 heavy (non-hydrogen) atoms. The second-order valence-electron chi connectivity index (χ2n) is 7.29. The van der Waals surface area contributed by atoms with Crippen LogP contribution in [0.3, 0.4) is 0 Å². The van der Waals surface area contributed by atoms with Crippen molar-refractivity contribution in [1.82, 2.24) is 4.90 Å². The standard InChI is InChI=1S/C14H29N/c1-13(2,3)8-10-15(6)9-7-12-11-14(12,4)5/h12H,7-11H2,1-6H3. The minimum absolute atomic E-state index is 0.479. The maximum Gasteiger partial charge on any atom is -0.00168 e. The van der Waals surface area contributed by atoms with Crippen LogP contribution >= 0.6 is 0 Å². The molecule has 1 aliphatic carbocycles. The van der Waals surface area contributed by atoms with Crippen LogP contribution in [0.1, 0.15) is 53.9 Å². The zero-order valence-corrected chi connectivity index (χ0v) is 11.6. The van der Waals surface area contributed by atoms with Crippen LogP contribution in [0.5, 0.6) is 0 Å². The Balaban J connectivity index is 2.07. The maximum atomic E-state index is 2.50. The fourth-order valence-electron chi connectivity index (χ4n) is 2.08. The monoisotopic (exact) mass is 211 g/mol. The molecule has 0 saturated heterocycles. The van der Waals surface area contributed by atoms with E-state index in [2.05, 4.69) is 46.6 Å². The van der Waals surface area contributed by atoms with Gasteiger partial charge in [-0.05, 0) is 56.1 Å². The van der Waals surface area contributed by atoms with Crippen LogP contribution in [-0.4, -0.2) is 25.0 Å². The van der Waals surface area contributed by atoms with E-state index in [9.17, 15) is 0 Å². The molecule has 0 radical (unpaired) electrons. The Morgan fingerprint density at radius 1 is 1.20 bits per heavy atom. The first kappa shape index (κ1) is 13.0. The van der Waals surface area contributed by atoms with Crippen molar-refractivity contribution in [2.75, 3.05) is 20.1 Å². The largest absolute Gasteiger partial charge is 0.306 e. The molecule has 0 amide bonds. The van der Waals surface area contributed by atoms with E-state index in [4.69, 9.17) is 0 Å². The van der Waals surface area contributed by atoms with Gasteiger partial charge in [0.2, 0.25) is 0 Å². The molecule has 1 saturated carbocycles. The molecule has 1 rings (SSSR count). The van der Waals surface area contributed by atoms with Crippen molar-refractivity contribution in [3.05, 3.63) is 0 Å². The topological polar surface area (TPSA) is 3.24 Å². The van der Waals surface area contributed by atoms with Gasteiger partial charge in [-0.2, -0.15) is 0 Å². The van der Waals surface area contributed by atoms with Gasteiger partial charge in [0, 0.05) is 0 Å². The molecule has 0 aromatic carbocycles. The van der Waals surface area contributed by atoms with Gasteiger partial charge in [0.05, 0.1) is 0 Å². The van der Waals surface area contributed by atoms with Gasteiger partial charge in [-0.3, -0.25) is 0 Å². The van der Waals surface area contributed by atoms with Gasteiger partial charge in [-0.25, -0.2) is 0 Å². The Bertz CT molecular complexity index is 200. The summed E-state index contributed by atoms with van der Waals surface area (Å²) in [4.78, 5) is 2.50. The van der Waals surface area contributed by atoms with E-state index in [1.165, 1.54) is 32.4 Å². The smallest absolute Gasteiger partial charge is 0.00168 e. The van der Waals surface area contributed by atoms with Gasteiger partial charge in [0.25, 0.3) is 0 Å². The molecule has 1 aliphatic rings. The minimum Gasteiger partial charge on any atom is -0.306 e. The van der Waals surface area contributed by atoms with E-state index in [0.717, 1.165) is 5.92 Å². The van der Waals surface area contributed by atoms with Crippen LogP contribution in [0.4, 0.5) is 0 Å². The van der Waals surface area contributed by atoms with Gasteiger partial charge >= 0.3 is 0 Å². The van der Waals surface area contributed by atoms with E-state index in [1.807, 2.05) is 0 Å². The molecule has 0 aromatic heterocycles. The average molecular weight is 211 g/mol. The van der Waals surface area contributed by atoms with Crippen molar-refractivity contribution in [3.8, 4) is 0 Å². The molecule has 1 heteroatoms. The lowest BCUT2D eigenvalue weighted by Gasteiger charge is -2.23. The summed E-state index contributed by atoms with van der Waals surface area (Å²) in [6.45, 7) is 14.3. The first-order valence-corrected chi connectivity index (χ1v) is 6.39. The van der Waals surface area contributed by atoms with Crippen LogP contribution in [-0.2, 0) is 0 Å². The SMILES string of the molecule is CN(CCC1CC1(C)C)CCC(C)(C)C. The first-order valence-electron chi connectivity index (χ1n) is 6.39. The summed E-state index contributed by atoms with van der Waals surface area (Å²) in [6.07, 6.45) is 4.14. The predicted octanol–water partition coefficient (Wildman–Crippen LogP) is 3.79. The van der Waals surface area contributed by atoms with E-state index in [0.29, 0.717) is 10.8 Å². The molecule has 1 unspecified atom stereocenters. The molecule has 90 valence electrons. The third-order valence-corrected chi connectivity index (χ3v) is 3.82. The van der Waals surface area contributed by atoms with Crippen molar-refractivity contribution < 1.29 is 0 Å². The minimum atomic E-state index is 0.479. The number of hydrogen-bond donors (Lipinski definition) is 0. The Labute approximate surface area is 96.2 Å². The van der Waals surface area contributed by atoms with Gasteiger partial charge in [0.1, 0.15) is 0 Å². The van der Waals surface area contributed by atoms with Crippen molar-refractivity contribution in [1.29, 1.82) is 0 Å². The second kappa shape index (κ2) is 4.45. The average Bonchev–Trinajstić information content (AvgIpc) is 2.66. The predicted molar refractivity (Wildman–Crippen MR) is 68.1 cm³/mol. The molecule has 0 spiro atoms. The maximum absolute atomic E-state index is 2.50. The molecule has 0 aliphatic heterocycles. The molecule has 0 bridgehead atoms. The lowest BCUT2D eigenvalue weighted by molar-refractivity contribution is 0.255. The third kappa shape index (κ3) is 5.01. The van der Waals surface area contributed by atoms with Crippen LogP contribution in [0.15, 0.2) is 0 Å². The molecule has 0 N–H and O–H groups in total. The zero-order valence-electron chi connectivity index (χ0n) is 11.6. The van der Waals surface area contributed by atoms with E-state index in [1.54, 1.807) is 0 Å². The van der Waals surface area contributed by atoms with Gasteiger partial charge in [-0.1, -0.05) is 34.6 Å². The lowest BCUT2D eigenvalue weighted by atomic mass is 9.92. The lowest BCUT2D eigenvalue weighted by Crippen LogP contribution is -2.25. The molecule has 1 atom stereocenters. The van der Waals surface area contributed by atoms with Crippen LogP contribution in [0, 0.1) is 16.7 Å². The van der Waals surface area contributed by atoms with Crippen LogP contribution in [0.2, 0.25) is 0 Å². The van der Waals surface area contributed by atoms with Crippen molar-refractivity contribution in [2.45, 2.75) is 53.9 Å². The van der Waals surface area contributed by atoms with E-state index < -0.39 is 0 Å². The van der Waals surface area contributed by atoms with Crippen molar-refractivity contribution in [3.63, 3.8) is 0 Å². The molecule has 1 nitrogen and oxygen atoms in total. The normalized spacial score (nSPS) is 24.6. The summed E-state index contributed by atoms with van der Waals surface area (Å²) < 4.78 is 0. The van der Waals surface area contributed by atoms with E-state index in [-0.39, 0.29) is 0 Å². The Morgan fingerprint density at radius 2 is 1.73 bits per heavy atom. The van der Waals surface area contributed by atoms with Crippen LogP contribution in [0.25, 0.3) is 0 Å². The summed E-state index contributed by atoms with van der Waals surface area (Å²) in [5, 5.41) is 0. The number of nitrogens with zero attached hydrogens (tertiary/aromatic N) is 1. The van der Waals surface area contributed by atoms with E-state index >= 15 is 0 Å². The second-order valence-corrected chi connectivity index (χ2v) is 7.29. The van der Waals surface area contributed by atoms with Crippen LogP contribution < -0.4 is 0 Å². The summed E-state index contributed by atoms with van der Waals surface area (Å²) in [5.41, 5.74) is 1.14. The number of hydrogen-bond acceptors (Lipinski definition) is 1. The summed E-state index contributed by atoms with van der Waals surface area (Å²) in [6, 6.07) is 0. The third-order valence-electron chi connectivity index (χ3n) is 3.82. The molecule has 0 aromatic rings. The van der Waals surface area contributed by atoms with Gasteiger partial charge in [0.15, 0.2) is 0 Å². The molecular weight excluding hydrogens is 182 g/mol. The quantitative estimate of drug-likeness (QED) is 0.669. The Morgan fingerprint density at radius 3 is 2.13 bits per heavy atom. The molecule has 1 fully saturated rings. The van der Waals surface area contributed by atoms with Crippen molar-refractivity contribution in [2.24, 2.45) is 16.7 Å². The molecular formula is C14H29N. The first-order chi connectivity index (χ1) is 6.71. The summed E-state index contributed by atoms with van der Waals surface area (Å²) in [5.74, 6) is 0.995. The Hall–Kier alpha value is -0.0400. The van der Waals surface area contributed by atoms with Crippen molar-refractivity contribution >= 4 is 0 Å². The highest BCUT2D eigenvalue weighted by Crippen LogP contribution is 2.53. The fraction of sp³-hybridized carbons (Fsp3) is 1.00. The zero-order chi connectivity index (χ0) is 11.7.